The molecule has 1 N–H and O–H groups in total. The topological polar surface area (TPSA) is 72.2 Å². The molecule has 0 heterocycles. The number of nitro benzene ring substituents is 1. The summed E-state index contributed by atoms with van der Waals surface area (Å²) in [4.78, 5) is 23.6. The third-order valence-electron chi connectivity index (χ3n) is 4.57. The minimum absolute atomic E-state index is 0.0814. The Morgan fingerprint density at radius 2 is 1.61 bits per heavy atom. The molecule has 23 heavy (non-hydrogen) atoms. The molecule has 2 aromatic carbocycles. The van der Waals surface area contributed by atoms with Crippen LogP contribution in [0.25, 0.3) is 0 Å². The number of anilines is 1. The standard InChI is InChI=1S/C18H18N2O3/c21-17(19-15-10-4-5-11-16(15)20(22)23)18(12-6-7-13-18)14-8-2-1-3-9-14/h1-5,8-11H,6-7,12-13H2,(H,19,21). The molecule has 0 unspecified atom stereocenters. The van der Waals surface area contributed by atoms with Crippen LogP contribution in [0.2, 0.25) is 0 Å². The lowest BCUT2D eigenvalue weighted by atomic mass is 9.78. The van der Waals surface area contributed by atoms with Gasteiger partial charge in [0, 0.05) is 6.07 Å². The van der Waals surface area contributed by atoms with Gasteiger partial charge in [-0.1, -0.05) is 55.3 Å². The van der Waals surface area contributed by atoms with E-state index in [-0.39, 0.29) is 17.3 Å². The molecule has 0 bridgehead atoms. The van der Waals surface area contributed by atoms with E-state index in [1.807, 2.05) is 30.3 Å². The first-order valence-corrected chi connectivity index (χ1v) is 7.74. The fourth-order valence-electron chi connectivity index (χ4n) is 3.36. The highest BCUT2D eigenvalue weighted by molar-refractivity contribution is 6.00. The van der Waals surface area contributed by atoms with E-state index in [9.17, 15) is 14.9 Å². The molecule has 0 saturated heterocycles. The minimum Gasteiger partial charge on any atom is -0.320 e. The van der Waals surface area contributed by atoms with Gasteiger partial charge in [0.25, 0.3) is 5.69 Å². The molecule has 0 aromatic heterocycles. The Labute approximate surface area is 134 Å². The van der Waals surface area contributed by atoms with E-state index in [0.29, 0.717) is 0 Å². The van der Waals surface area contributed by atoms with Crippen LogP contribution in [-0.4, -0.2) is 10.8 Å². The van der Waals surface area contributed by atoms with Gasteiger partial charge in [-0.2, -0.15) is 0 Å². The molecule has 0 spiro atoms. The molecule has 1 fully saturated rings. The van der Waals surface area contributed by atoms with Gasteiger partial charge >= 0.3 is 0 Å². The summed E-state index contributed by atoms with van der Waals surface area (Å²) in [6, 6.07) is 16.0. The van der Waals surface area contributed by atoms with Gasteiger partial charge in [0.05, 0.1) is 10.3 Å². The molecule has 5 nitrogen and oxygen atoms in total. The van der Waals surface area contributed by atoms with Gasteiger partial charge in [0.1, 0.15) is 5.69 Å². The molecule has 3 rings (SSSR count). The number of benzene rings is 2. The number of nitrogens with one attached hydrogen (secondary N) is 1. The molecule has 118 valence electrons. The first-order chi connectivity index (χ1) is 11.1. The van der Waals surface area contributed by atoms with E-state index in [0.717, 1.165) is 31.2 Å². The van der Waals surface area contributed by atoms with Crippen LogP contribution in [0.5, 0.6) is 0 Å². The zero-order valence-electron chi connectivity index (χ0n) is 12.7. The lowest BCUT2D eigenvalue weighted by Gasteiger charge is -2.28. The molecule has 0 atom stereocenters. The lowest BCUT2D eigenvalue weighted by Crippen LogP contribution is -2.38. The third kappa shape index (κ3) is 2.82. The number of para-hydroxylation sites is 2. The van der Waals surface area contributed by atoms with Crippen molar-refractivity contribution in [3.63, 3.8) is 0 Å². The van der Waals surface area contributed by atoms with Crippen LogP contribution in [0.4, 0.5) is 11.4 Å². The summed E-state index contributed by atoms with van der Waals surface area (Å²) in [6.07, 6.45) is 3.51. The van der Waals surface area contributed by atoms with E-state index in [4.69, 9.17) is 0 Å². The molecular weight excluding hydrogens is 292 g/mol. The predicted molar refractivity (Wildman–Crippen MR) is 88.3 cm³/mol. The van der Waals surface area contributed by atoms with Crippen molar-refractivity contribution in [1.29, 1.82) is 0 Å². The Bertz CT molecular complexity index is 722. The summed E-state index contributed by atoms with van der Waals surface area (Å²) in [5.41, 5.74) is 0.561. The molecule has 1 amide bonds. The maximum Gasteiger partial charge on any atom is 0.292 e. The molecule has 1 aliphatic rings. The van der Waals surface area contributed by atoms with Crippen molar-refractivity contribution in [3.05, 3.63) is 70.3 Å². The summed E-state index contributed by atoms with van der Waals surface area (Å²) in [5, 5.41) is 13.9. The first-order valence-electron chi connectivity index (χ1n) is 7.74. The van der Waals surface area contributed by atoms with Crippen LogP contribution in [0.3, 0.4) is 0 Å². The smallest absolute Gasteiger partial charge is 0.292 e. The Morgan fingerprint density at radius 3 is 2.26 bits per heavy atom. The summed E-state index contributed by atoms with van der Waals surface area (Å²) < 4.78 is 0. The Hall–Kier alpha value is -2.69. The van der Waals surface area contributed by atoms with E-state index < -0.39 is 10.3 Å². The van der Waals surface area contributed by atoms with Crippen LogP contribution in [0, 0.1) is 10.1 Å². The minimum atomic E-state index is -0.592. The number of hydrogen-bond acceptors (Lipinski definition) is 3. The van der Waals surface area contributed by atoms with Crippen molar-refractivity contribution in [2.75, 3.05) is 5.32 Å². The normalized spacial score (nSPS) is 16.0. The Morgan fingerprint density at radius 1 is 1.00 bits per heavy atom. The fourth-order valence-corrected chi connectivity index (χ4v) is 3.36. The maximum absolute atomic E-state index is 13.0. The van der Waals surface area contributed by atoms with Gasteiger partial charge in [-0.3, -0.25) is 14.9 Å². The van der Waals surface area contributed by atoms with Gasteiger partial charge in [0.2, 0.25) is 5.91 Å². The highest BCUT2D eigenvalue weighted by atomic mass is 16.6. The molecule has 1 aliphatic carbocycles. The number of hydrogen-bond donors (Lipinski definition) is 1. The van der Waals surface area contributed by atoms with E-state index in [2.05, 4.69) is 5.32 Å². The number of amides is 1. The second kappa shape index (κ2) is 6.20. The average molecular weight is 310 g/mol. The molecule has 5 heteroatoms. The maximum atomic E-state index is 13.0. The van der Waals surface area contributed by atoms with Crippen molar-refractivity contribution >= 4 is 17.3 Å². The van der Waals surface area contributed by atoms with Crippen molar-refractivity contribution < 1.29 is 9.72 Å². The molecular formula is C18H18N2O3. The van der Waals surface area contributed by atoms with Crippen LogP contribution >= 0.6 is 0 Å². The highest BCUT2D eigenvalue weighted by Crippen LogP contribution is 2.42. The number of carbonyl (C=O) groups excluding carboxylic acids is 1. The Kier molecular flexibility index (Phi) is 4.10. The lowest BCUT2D eigenvalue weighted by molar-refractivity contribution is -0.383. The van der Waals surface area contributed by atoms with Crippen molar-refractivity contribution in [2.24, 2.45) is 0 Å². The summed E-state index contributed by atoms with van der Waals surface area (Å²) in [6.45, 7) is 0. The first kappa shape index (κ1) is 15.2. The molecule has 0 radical (unpaired) electrons. The number of rotatable bonds is 4. The molecule has 0 aliphatic heterocycles. The number of nitrogens with zero attached hydrogens (tertiary/aromatic N) is 1. The van der Waals surface area contributed by atoms with E-state index in [1.54, 1.807) is 18.2 Å². The highest BCUT2D eigenvalue weighted by Gasteiger charge is 2.43. The predicted octanol–water partition coefficient (Wildman–Crippen LogP) is 4.05. The Balaban J connectivity index is 1.94. The molecule has 1 saturated carbocycles. The zero-order chi connectivity index (χ0) is 16.3. The van der Waals surface area contributed by atoms with Crippen molar-refractivity contribution in [3.8, 4) is 0 Å². The van der Waals surface area contributed by atoms with Crippen molar-refractivity contribution in [1.82, 2.24) is 0 Å². The third-order valence-corrected chi connectivity index (χ3v) is 4.57. The van der Waals surface area contributed by atoms with Crippen LogP contribution in [0.1, 0.15) is 31.2 Å². The van der Waals surface area contributed by atoms with Crippen LogP contribution in [-0.2, 0) is 10.2 Å². The fraction of sp³-hybridized carbons (Fsp3) is 0.278. The quantitative estimate of drug-likeness (QED) is 0.684. The monoisotopic (exact) mass is 310 g/mol. The van der Waals surface area contributed by atoms with Gasteiger partial charge < -0.3 is 5.32 Å². The number of carbonyl (C=O) groups is 1. The van der Waals surface area contributed by atoms with Crippen molar-refractivity contribution in [2.45, 2.75) is 31.1 Å². The van der Waals surface area contributed by atoms with Crippen LogP contribution in [0.15, 0.2) is 54.6 Å². The van der Waals surface area contributed by atoms with Gasteiger partial charge in [-0.25, -0.2) is 0 Å². The van der Waals surface area contributed by atoms with Gasteiger partial charge in [0.15, 0.2) is 0 Å². The summed E-state index contributed by atoms with van der Waals surface area (Å²) >= 11 is 0. The average Bonchev–Trinajstić information content (AvgIpc) is 3.07. The van der Waals surface area contributed by atoms with Crippen LogP contribution < -0.4 is 5.32 Å². The molecule has 2 aromatic rings. The van der Waals surface area contributed by atoms with E-state index in [1.165, 1.54) is 6.07 Å². The SMILES string of the molecule is O=C(Nc1ccccc1[N+](=O)[O-])C1(c2ccccc2)CCCC1. The van der Waals surface area contributed by atoms with Gasteiger partial charge in [-0.05, 0) is 24.5 Å². The summed E-state index contributed by atoms with van der Waals surface area (Å²) in [7, 11) is 0. The largest absolute Gasteiger partial charge is 0.320 e. The van der Waals surface area contributed by atoms with E-state index >= 15 is 0 Å². The summed E-state index contributed by atoms with van der Waals surface area (Å²) in [5.74, 6) is -0.157. The number of nitro groups is 1. The second-order valence-electron chi connectivity index (χ2n) is 5.88. The van der Waals surface area contributed by atoms with Gasteiger partial charge in [-0.15, -0.1) is 0 Å². The second-order valence-corrected chi connectivity index (χ2v) is 5.88. The zero-order valence-corrected chi connectivity index (χ0v) is 12.7.